The van der Waals surface area contributed by atoms with Gasteiger partial charge in [0.25, 0.3) is 5.91 Å². The second kappa shape index (κ2) is 5.13. The Labute approximate surface area is 117 Å². The molecule has 0 saturated heterocycles. The summed E-state index contributed by atoms with van der Waals surface area (Å²) < 4.78 is 0. The number of carbonyl (C=O) groups excluding carboxylic acids is 1. The molecule has 0 bridgehead atoms. The van der Waals surface area contributed by atoms with Crippen molar-refractivity contribution >= 4 is 22.4 Å². The van der Waals surface area contributed by atoms with E-state index < -0.39 is 0 Å². The van der Waals surface area contributed by atoms with Gasteiger partial charge in [0.1, 0.15) is 0 Å². The highest BCUT2D eigenvalue weighted by Crippen LogP contribution is 2.23. The molecule has 1 aromatic carbocycles. The fourth-order valence-corrected chi connectivity index (χ4v) is 3.03. The third-order valence-electron chi connectivity index (χ3n) is 3.15. The van der Waals surface area contributed by atoms with E-state index in [-0.39, 0.29) is 5.91 Å². The Bertz CT molecular complexity index is 601. The van der Waals surface area contributed by atoms with Crippen molar-refractivity contribution in [1.29, 1.82) is 0 Å². The van der Waals surface area contributed by atoms with Crippen molar-refractivity contribution < 1.29 is 4.79 Å². The lowest BCUT2D eigenvalue weighted by Gasteiger charge is -2.10. The molecule has 0 aliphatic heterocycles. The van der Waals surface area contributed by atoms with Gasteiger partial charge < -0.3 is 0 Å². The molecule has 0 aliphatic carbocycles. The van der Waals surface area contributed by atoms with Gasteiger partial charge in [0.05, 0.1) is 5.69 Å². The minimum Gasteiger partial charge on any atom is -0.298 e. The number of amides is 1. The van der Waals surface area contributed by atoms with Crippen LogP contribution in [0.4, 0.5) is 5.13 Å². The van der Waals surface area contributed by atoms with Crippen molar-refractivity contribution in [3.05, 3.63) is 45.0 Å². The molecule has 0 fully saturated rings. The van der Waals surface area contributed by atoms with E-state index in [1.807, 2.05) is 46.8 Å². The van der Waals surface area contributed by atoms with Crippen molar-refractivity contribution in [2.45, 2.75) is 34.6 Å². The minimum atomic E-state index is -0.0799. The van der Waals surface area contributed by atoms with Crippen LogP contribution in [-0.2, 0) is 0 Å². The summed E-state index contributed by atoms with van der Waals surface area (Å²) in [5, 5.41) is 3.56. The molecular weight excluding hydrogens is 256 g/mol. The lowest BCUT2D eigenvalue weighted by atomic mass is 9.99. The first-order chi connectivity index (χ1) is 8.88. The highest BCUT2D eigenvalue weighted by molar-refractivity contribution is 7.15. The average Bonchev–Trinajstić information content (AvgIpc) is 2.55. The highest BCUT2D eigenvalue weighted by Gasteiger charge is 2.14. The Hall–Kier alpha value is -1.68. The summed E-state index contributed by atoms with van der Waals surface area (Å²) in [4.78, 5) is 17.8. The summed E-state index contributed by atoms with van der Waals surface area (Å²) >= 11 is 1.51. The molecule has 0 unspecified atom stereocenters. The summed E-state index contributed by atoms with van der Waals surface area (Å²) in [6.45, 7) is 9.92. The van der Waals surface area contributed by atoms with Gasteiger partial charge in [-0.25, -0.2) is 4.98 Å². The Kier molecular flexibility index (Phi) is 3.71. The third-order valence-corrected chi connectivity index (χ3v) is 4.14. The molecule has 0 aliphatic rings. The lowest BCUT2D eigenvalue weighted by molar-refractivity contribution is 0.102. The highest BCUT2D eigenvalue weighted by atomic mass is 32.1. The monoisotopic (exact) mass is 274 g/mol. The first kappa shape index (κ1) is 13.7. The molecule has 0 saturated carbocycles. The number of rotatable bonds is 2. The Morgan fingerprint density at radius 3 is 2.16 bits per heavy atom. The van der Waals surface area contributed by atoms with Gasteiger partial charge in [-0.1, -0.05) is 17.7 Å². The van der Waals surface area contributed by atoms with E-state index in [1.165, 1.54) is 16.9 Å². The zero-order valence-electron chi connectivity index (χ0n) is 11.9. The van der Waals surface area contributed by atoms with E-state index >= 15 is 0 Å². The molecule has 0 radical (unpaired) electrons. The second-order valence-corrected chi connectivity index (χ2v) is 6.09. The molecule has 1 aromatic heterocycles. The van der Waals surface area contributed by atoms with Gasteiger partial charge in [0, 0.05) is 10.4 Å². The van der Waals surface area contributed by atoms with Crippen LogP contribution in [0.15, 0.2) is 12.1 Å². The molecule has 1 amide bonds. The molecule has 0 atom stereocenters. The zero-order chi connectivity index (χ0) is 14.2. The molecule has 0 spiro atoms. The van der Waals surface area contributed by atoms with E-state index in [9.17, 15) is 4.79 Å². The Morgan fingerprint density at radius 2 is 1.68 bits per heavy atom. The van der Waals surface area contributed by atoms with E-state index in [4.69, 9.17) is 0 Å². The fourth-order valence-electron chi connectivity index (χ4n) is 2.22. The smallest absolute Gasteiger partial charge is 0.257 e. The quantitative estimate of drug-likeness (QED) is 0.901. The Morgan fingerprint density at radius 1 is 1.11 bits per heavy atom. The normalized spacial score (nSPS) is 10.6. The van der Waals surface area contributed by atoms with Crippen LogP contribution in [0.25, 0.3) is 0 Å². The molecule has 2 rings (SSSR count). The fraction of sp³-hybridized carbons (Fsp3) is 0.333. The molecule has 2 aromatic rings. The number of aryl methyl sites for hydroxylation is 5. The van der Waals surface area contributed by atoms with E-state index in [1.54, 1.807) is 0 Å². The van der Waals surface area contributed by atoms with Gasteiger partial charge >= 0.3 is 0 Å². The van der Waals surface area contributed by atoms with Crippen LogP contribution in [0, 0.1) is 34.6 Å². The first-order valence-corrected chi connectivity index (χ1v) is 7.03. The number of anilines is 1. The van der Waals surface area contributed by atoms with Crippen LogP contribution in [0.3, 0.4) is 0 Å². The maximum atomic E-state index is 12.3. The van der Waals surface area contributed by atoms with Crippen LogP contribution in [0.1, 0.15) is 37.6 Å². The lowest BCUT2D eigenvalue weighted by Crippen LogP contribution is -2.15. The van der Waals surface area contributed by atoms with Crippen LogP contribution < -0.4 is 5.32 Å². The van der Waals surface area contributed by atoms with Crippen molar-refractivity contribution in [2.75, 3.05) is 5.32 Å². The predicted molar refractivity (Wildman–Crippen MR) is 80.2 cm³/mol. The van der Waals surface area contributed by atoms with Gasteiger partial charge in [-0.3, -0.25) is 10.1 Å². The van der Waals surface area contributed by atoms with Gasteiger partial charge in [-0.15, -0.1) is 11.3 Å². The minimum absolute atomic E-state index is 0.0799. The number of hydrogen-bond acceptors (Lipinski definition) is 3. The summed E-state index contributed by atoms with van der Waals surface area (Å²) in [6, 6.07) is 4.06. The summed E-state index contributed by atoms with van der Waals surface area (Å²) in [7, 11) is 0. The van der Waals surface area contributed by atoms with Crippen LogP contribution in [0.2, 0.25) is 0 Å². The number of hydrogen-bond donors (Lipinski definition) is 1. The summed E-state index contributed by atoms with van der Waals surface area (Å²) in [5.41, 5.74) is 4.89. The zero-order valence-corrected chi connectivity index (χ0v) is 12.7. The van der Waals surface area contributed by atoms with E-state index in [0.717, 1.165) is 27.3 Å². The Balaban J connectivity index is 2.30. The van der Waals surface area contributed by atoms with Crippen molar-refractivity contribution in [2.24, 2.45) is 0 Å². The number of aromatic nitrogens is 1. The maximum absolute atomic E-state index is 12.3. The largest absolute Gasteiger partial charge is 0.298 e. The number of benzene rings is 1. The summed E-state index contributed by atoms with van der Waals surface area (Å²) in [5.74, 6) is -0.0799. The SMILES string of the molecule is Cc1cc(C)c(C(=O)Nc2nc(C)c(C)s2)c(C)c1. The van der Waals surface area contributed by atoms with Crippen LogP contribution in [-0.4, -0.2) is 10.9 Å². The number of nitrogens with one attached hydrogen (secondary N) is 1. The standard InChI is InChI=1S/C15H18N2OS/c1-8-6-9(2)13(10(3)7-8)14(18)17-15-16-11(4)12(5)19-15/h6-7H,1-5H3,(H,16,17,18). The molecule has 100 valence electrons. The summed E-state index contributed by atoms with van der Waals surface area (Å²) in [6.07, 6.45) is 0. The van der Waals surface area contributed by atoms with E-state index in [0.29, 0.717) is 5.13 Å². The molecule has 4 heteroatoms. The number of nitrogens with zero attached hydrogens (tertiary/aromatic N) is 1. The maximum Gasteiger partial charge on any atom is 0.257 e. The third kappa shape index (κ3) is 2.84. The number of thiazole rings is 1. The van der Waals surface area contributed by atoms with Crippen molar-refractivity contribution in [3.63, 3.8) is 0 Å². The van der Waals surface area contributed by atoms with E-state index in [2.05, 4.69) is 10.3 Å². The van der Waals surface area contributed by atoms with Crippen molar-refractivity contribution in [1.82, 2.24) is 4.98 Å². The first-order valence-electron chi connectivity index (χ1n) is 6.21. The van der Waals surface area contributed by atoms with Gasteiger partial charge in [0.2, 0.25) is 0 Å². The number of carbonyl (C=O) groups is 1. The van der Waals surface area contributed by atoms with Gasteiger partial charge in [0.15, 0.2) is 5.13 Å². The second-order valence-electron chi connectivity index (χ2n) is 4.89. The predicted octanol–water partition coefficient (Wildman–Crippen LogP) is 3.94. The van der Waals surface area contributed by atoms with Crippen LogP contribution in [0.5, 0.6) is 0 Å². The van der Waals surface area contributed by atoms with Crippen molar-refractivity contribution in [3.8, 4) is 0 Å². The van der Waals surface area contributed by atoms with Gasteiger partial charge in [-0.2, -0.15) is 0 Å². The average molecular weight is 274 g/mol. The molecular formula is C15H18N2OS. The molecule has 1 N–H and O–H groups in total. The molecule has 3 nitrogen and oxygen atoms in total. The molecule has 19 heavy (non-hydrogen) atoms. The van der Waals surface area contributed by atoms with Gasteiger partial charge in [-0.05, 0) is 45.7 Å². The van der Waals surface area contributed by atoms with Crippen LogP contribution >= 0.6 is 11.3 Å². The topological polar surface area (TPSA) is 42.0 Å². The molecule has 1 heterocycles.